The monoisotopic (exact) mass is 519 g/mol. The lowest BCUT2D eigenvalue weighted by Crippen LogP contribution is -2.28. The molecule has 5 rings (SSSR count). The summed E-state index contributed by atoms with van der Waals surface area (Å²) in [6.07, 6.45) is -3.83. The molecular formula is C28H20F3N3O4. The third kappa shape index (κ3) is 5.04. The Kier molecular flexibility index (Phi) is 6.51. The molecule has 7 nitrogen and oxygen atoms in total. The largest absolute Gasteiger partial charge is 0.497 e. The molecule has 0 spiro atoms. The van der Waals surface area contributed by atoms with Crippen molar-refractivity contribution in [2.24, 2.45) is 0 Å². The molecule has 4 aromatic rings. The van der Waals surface area contributed by atoms with Crippen molar-refractivity contribution in [3.63, 3.8) is 0 Å². The van der Waals surface area contributed by atoms with Gasteiger partial charge in [0.05, 0.1) is 30.0 Å². The highest BCUT2D eigenvalue weighted by atomic mass is 19.4. The van der Waals surface area contributed by atoms with E-state index in [4.69, 9.17) is 14.2 Å². The number of ether oxygens (including phenoxy) is 3. The van der Waals surface area contributed by atoms with Gasteiger partial charge in [0.15, 0.2) is 0 Å². The van der Waals surface area contributed by atoms with E-state index in [0.29, 0.717) is 24.2 Å². The molecule has 0 bridgehead atoms. The predicted octanol–water partition coefficient (Wildman–Crippen LogP) is 5.74. The van der Waals surface area contributed by atoms with E-state index in [0.717, 1.165) is 29.0 Å². The number of alkyl halides is 3. The molecule has 38 heavy (non-hydrogen) atoms. The molecule has 0 saturated carbocycles. The maximum Gasteiger partial charge on any atom is 0.416 e. The topological polar surface area (TPSA) is 86.4 Å². The van der Waals surface area contributed by atoms with Crippen LogP contribution in [0.25, 0.3) is 11.3 Å². The molecule has 0 atom stereocenters. The number of benzene rings is 3. The number of methoxy groups -OCH3 is 1. The SMILES string of the molecule is COc1ccc2c(c1)CCn1c-2cc(OCc2ccc(Oc3cccc(C(F)(F)F)c3)cc2C#N)nc1=O. The van der Waals surface area contributed by atoms with E-state index in [1.165, 1.54) is 24.3 Å². The second kappa shape index (κ2) is 9.94. The van der Waals surface area contributed by atoms with Gasteiger partial charge in [-0.1, -0.05) is 12.1 Å². The Hall–Kier alpha value is -4.78. The zero-order valence-electron chi connectivity index (χ0n) is 20.1. The molecule has 1 aliphatic rings. The molecule has 0 N–H and O–H groups in total. The Morgan fingerprint density at radius 2 is 1.82 bits per heavy atom. The normalized spacial score (nSPS) is 12.2. The van der Waals surface area contributed by atoms with Crippen LogP contribution in [0.4, 0.5) is 13.2 Å². The molecule has 0 fully saturated rings. The molecule has 0 unspecified atom stereocenters. The average molecular weight is 519 g/mol. The van der Waals surface area contributed by atoms with Gasteiger partial charge in [0.1, 0.15) is 23.9 Å². The van der Waals surface area contributed by atoms with Crippen molar-refractivity contribution in [1.82, 2.24) is 9.55 Å². The van der Waals surface area contributed by atoms with Crippen LogP contribution in [0.5, 0.6) is 23.1 Å². The molecule has 2 heterocycles. The molecule has 10 heteroatoms. The number of rotatable bonds is 6. The van der Waals surface area contributed by atoms with Crippen LogP contribution < -0.4 is 19.9 Å². The summed E-state index contributed by atoms with van der Waals surface area (Å²) in [6, 6.07) is 18.4. The summed E-state index contributed by atoms with van der Waals surface area (Å²) in [7, 11) is 1.60. The van der Waals surface area contributed by atoms with Gasteiger partial charge in [-0.15, -0.1) is 0 Å². The van der Waals surface area contributed by atoms with Crippen LogP contribution in [0.15, 0.2) is 71.5 Å². The van der Waals surface area contributed by atoms with Crippen LogP contribution in [0.1, 0.15) is 22.3 Å². The maximum atomic E-state index is 13.0. The van der Waals surface area contributed by atoms with Crippen molar-refractivity contribution in [1.29, 1.82) is 5.26 Å². The molecular weight excluding hydrogens is 499 g/mol. The highest BCUT2D eigenvalue weighted by Crippen LogP contribution is 2.34. The minimum absolute atomic E-state index is 0.00986. The van der Waals surface area contributed by atoms with Crippen molar-refractivity contribution in [2.45, 2.75) is 25.7 Å². The van der Waals surface area contributed by atoms with Gasteiger partial charge in [-0.05, 0) is 60.5 Å². The van der Waals surface area contributed by atoms with Crippen molar-refractivity contribution >= 4 is 0 Å². The maximum absolute atomic E-state index is 13.0. The van der Waals surface area contributed by atoms with Crippen molar-refractivity contribution < 1.29 is 27.4 Å². The summed E-state index contributed by atoms with van der Waals surface area (Å²) < 4.78 is 57.2. The summed E-state index contributed by atoms with van der Waals surface area (Å²) >= 11 is 0. The zero-order chi connectivity index (χ0) is 26.9. The fourth-order valence-electron chi connectivity index (χ4n) is 4.26. The number of nitrogens with zero attached hydrogens (tertiary/aromatic N) is 3. The molecule has 1 aromatic heterocycles. The first-order chi connectivity index (χ1) is 18.2. The van der Waals surface area contributed by atoms with Crippen molar-refractivity contribution in [2.75, 3.05) is 7.11 Å². The van der Waals surface area contributed by atoms with E-state index in [2.05, 4.69) is 4.98 Å². The minimum atomic E-state index is -4.50. The fourth-order valence-corrected chi connectivity index (χ4v) is 4.26. The molecule has 0 amide bonds. The van der Waals surface area contributed by atoms with Gasteiger partial charge in [0.25, 0.3) is 0 Å². The fraction of sp³-hybridized carbons (Fsp3) is 0.179. The van der Waals surface area contributed by atoms with E-state index >= 15 is 0 Å². The summed E-state index contributed by atoms with van der Waals surface area (Å²) in [5.41, 5.74) is 2.03. The van der Waals surface area contributed by atoms with Gasteiger partial charge >= 0.3 is 11.9 Å². The van der Waals surface area contributed by atoms with Crippen LogP contribution in [-0.4, -0.2) is 16.7 Å². The van der Waals surface area contributed by atoms with Crippen LogP contribution in [-0.2, 0) is 25.7 Å². The van der Waals surface area contributed by atoms with Gasteiger partial charge in [-0.25, -0.2) is 4.79 Å². The first-order valence-corrected chi connectivity index (χ1v) is 11.6. The van der Waals surface area contributed by atoms with E-state index in [9.17, 15) is 23.2 Å². The Bertz CT molecular complexity index is 1620. The summed E-state index contributed by atoms with van der Waals surface area (Å²) in [5, 5.41) is 9.62. The molecule has 0 saturated heterocycles. The number of fused-ring (bicyclic) bond motifs is 3. The average Bonchev–Trinajstić information content (AvgIpc) is 2.91. The first kappa shape index (κ1) is 24.9. The van der Waals surface area contributed by atoms with Crippen molar-refractivity contribution in [3.8, 4) is 40.5 Å². The van der Waals surface area contributed by atoms with E-state index in [1.54, 1.807) is 23.8 Å². The molecule has 192 valence electrons. The van der Waals surface area contributed by atoms with Gasteiger partial charge in [-0.3, -0.25) is 4.57 Å². The molecule has 3 aromatic carbocycles. The summed E-state index contributed by atoms with van der Waals surface area (Å²) in [5.74, 6) is 1.03. The zero-order valence-corrected chi connectivity index (χ0v) is 20.1. The number of nitriles is 1. The highest BCUT2D eigenvalue weighted by Gasteiger charge is 2.30. The summed E-state index contributed by atoms with van der Waals surface area (Å²) in [6.45, 7) is 0.422. The van der Waals surface area contributed by atoms with Crippen LogP contribution in [0.2, 0.25) is 0 Å². The van der Waals surface area contributed by atoms with Gasteiger partial charge < -0.3 is 14.2 Å². The predicted molar refractivity (Wildman–Crippen MR) is 131 cm³/mol. The number of aromatic nitrogens is 2. The number of aryl methyl sites for hydroxylation is 1. The van der Waals surface area contributed by atoms with E-state index in [-0.39, 0.29) is 29.5 Å². The minimum Gasteiger partial charge on any atom is -0.497 e. The van der Waals surface area contributed by atoms with E-state index in [1.807, 2.05) is 24.3 Å². The van der Waals surface area contributed by atoms with Gasteiger partial charge in [0.2, 0.25) is 5.88 Å². The lowest BCUT2D eigenvalue weighted by molar-refractivity contribution is -0.137. The smallest absolute Gasteiger partial charge is 0.416 e. The second-order valence-corrected chi connectivity index (χ2v) is 8.53. The highest BCUT2D eigenvalue weighted by molar-refractivity contribution is 5.67. The Balaban J connectivity index is 1.35. The third-order valence-corrected chi connectivity index (χ3v) is 6.16. The van der Waals surface area contributed by atoms with Gasteiger partial charge in [0, 0.05) is 23.7 Å². The third-order valence-electron chi connectivity index (χ3n) is 6.16. The number of halogens is 3. The Morgan fingerprint density at radius 1 is 1.03 bits per heavy atom. The van der Waals surface area contributed by atoms with Crippen LogP contribution in [0.3, 0.4) is 0 Å². The Morgan fingerprint density at radius 3 is 2.58 bits per heavy atom. The standard InChI is InChI=1S/C28H20F3N3O4/c1-36-21-7-8-24-17(11-21)9-10-34-25(24)14-26(33-27(34)35)37-16-18-5-6-23(12-19(18)15-32)38-22-4-2-3-20(13-22)28(29,30)31/h2-8,11-14H,9-10,16H2,1H3. The van der Waals surface area contributed by atoms with Gasteiger partial charge in [-0.2, -0.15) is 23.4 Å². The Labute approximate surface area is 215 Å². The van der Waals surface area contributed by atoms with Crippen LogP contribution >= 0.6 is 0 Å². The first-order valence-electron chi connectivity index (χ1n) is 11.6. The van der Waals surface area contributed by atoms with E-state index < -0.39 is 17.4 Å². The lowest BCUT2D eigenvalue weighted by Gasteiger charge is -2.22. The summed E-state index contributed by atoms with van der Waals surface area (Å²) in [4.78, 5) is 16.7. The van der Waals surface area contributed by atoms with Crippen LogP contribution in [0, 0.1) is 11.3 Å². The second-order valence-electron chi connectivity index (χ2n) is 8.53. The van der Waals surface area contributed by atoms with Crippen molar-refractivity contribution in [3.05, 3.63) is 99.5 Å². The number of hydrogen-bond donors (Lipinski definition) is 0. The molecule has 0 aliphatic carbocycles. The molecule has 1 aliphatic heterocycles. The number of hydrogen-bond acceptors (Lipinski definition) is 6. The quantitative estimate of drug-likeness (QED) is 0.323. The lowest BCUT2D eigenvalue weighted by atomic mass is 9.97. The molecule has 0 radical (unpaired) electrons.